The number of sulfone groups is 1. The average molecular weight is 484 g/mol. The summed E-state index contributed by atoms with van der Waals surface area (Å²) in [4.78, 5) is 26.7. The molecule has 4 rings (SSSR count). The van der Waals surface area contributed by atoms with Crippen molar-refractivity contribution in [1.29, 1.82) is 0 Å². The molecule has 1 atom stereocenters. The Balaban J connectivity index is 1.84. The second-order valence-corrected chi connectivity index (χ2v) is 10.5. The quantitative estimate of drug-likeness (QED) is 0.528. The van der Waals surface area contributed by atoms with Crippen LogP contribution in [0, 0.1) is 6.92 Å². The van der Waals surface area contributed by atoms with Gasteiger partial charge in [0.15, 0.2) is 5.76 Å². The van der Waals surface area contributed by atoms with Crippen LogP contribution in [0.15, 0.2) is 81.6 Å². The van der Waals surface area contributed by atoms with E-state index >= 15 is 0 Å². The first-order valence-electron chi connectivity index (χ1n) is 10.0. The van der Waals surface area contributed by atoms with Crippen molar-refractivity contribution in [3.8, 4) is 0 Å². The maximum absolute atomic E-state index is 13.6. The summed E-state index contributed by atoms with van der Waals surface area (Å²) in [7, 11) is -2.93. The summed E-state index contributed by atoms with van der Waals surface area (Å²) >= 11 is 1.42. The molecule has 3 aromatic rings. The van der Waals surface area contributed by atoms with Crippen LogP contribution < -0.4 is 0 Å². The van der Waals surface area contributed by atoms with Gasteiger partial charge in [-0.1, -0.05) is 35.9 Å². The summed E-state index contributed by atoms with van der Waals surface area (Å²) in [5, 5.41) is 12.6. The third-order valence-electron chi connectivity index (χ3n) is 5.43. The molecule has 0 unspecified atom stereocenters. The summed E-state index contributed by atoms with van der Waals surface area (Å²) in [6.45, 7) is 1.96. The number of hydrogen-bond acceptors (Lipinski definition) is 7. The van der Waals surface area contributed by atoms with Gasteiger partial charge in [0.05, 0.1) is 30.2 Å². The number of methoxy groups -OCH3 is 1. The molecule has 0 aliphatic carbocycles. The number of carbonyl (C=O) groups is 2. The maximum Gasteiger partial charge on any atom is 0.337 e. The van der Waals surface area contributed by atoms with Crippen molar-refractivity contribution in [2.24, 2.45) is 0 Å². The second kappa shape index (κ2) is 8.84. The molecular formula is C24H21NO6S2. The SMILES string of the molecule is COC(=O)c1ccc([C@@H]2C(S(=O)(=O)c3ccc(C)cc3)=C(O)C(=O)N2Cc2cccs2)cc1. The molecule has 0 saturated heterocycles. The van der Waals surface area contributed by atoms with Crippen LogP contribution in [-0.2, 0) is 25.9 Å². The van der Waals surface area contributed by atoms with Gasteiger partial charge in [0, 0.05) is 4.88 Å². The van der Waals surface area contributed by atoms with Crippen LogP contribution in [0.4, 0.5) is 0 Å². The van der Waals surface area contributed by atoms with Crippen molar-refractivity contribution in [3.63, 3.8) is 0 Å². The Kier molecular flexibility index (Phi) is 6.09. The lowest BCUT2D eigenvalue weighted by Gasteiger charge is -2.26. The van der Waals surface area contributed by atoms with E-state index in [-0.39, 0.29) is 21.9 Å². The van der Waals surface area contributed by atoms with Gasteiger partial charge in [0.25, 0.3) is 5.91 Å². The molecule has 0 spiro atoms. The average Bonchev–Trinajstić information content (AvgIpc) is 3.41. The smallest absolute Gasteiger partial charge is 0.337 e. The molecule has 33 heavy (non-hydrogen) atoms. The molecular weight excluding hydrogens is 462 g/mol. The van der Waals surface area contributed by atoms with Crippen LogP contribution in [0.2, 0.25) is 0 Å². The standard InChI is InChI=1S/C24H21NO6S2/c1-15-5-11-19(12-6-15)33(29,30)22-20(16-7-9-17(10-8-16)24(28)31-2)25(23(27)21(22)26)14-18-4-3-13-32-18/h3-13,20,26H,14H2,1-2H3/t20-/m1/s1. The highest BCUT2D eigenvalue weighted by atomic mass is 32.2. The molecule has 0 fully saturated rings. The number of aryl methyl sites for hydroxylation is 1. The van der Waals surface area contributed by atoms with E-state index in [9.17, 15) is 23.1 Å². The molecule has 0 radical (unpaired) electrons. The molecule has 2 heterocycles. The first-order chi connectivity index (χ1) is 15.7. The maximum atomic E-state index is 13.6. The van der Waals surface area contributed by atoms with E-state index in [1.54, 1.807) is 24.3 Å². The third-order valence-corrected chi connectivity index (χ3v) is 8.18. The topological polar surface area (TPSA) is 101 Å². The number of esters is 1. The number of carbonyl (C=O) groups excluding carboxylic acids is 2. The number of aliphatic hydroxyl groups is 1. The lowest BCUT2D eigenvalue weighted by Crippen LogP contribution is -2.30. The van der Waals surface area contributed by atoms with Gasteiger partial charge in [-0.15, -0.1) is 11.3 Å². The molecule has 7 nitrogen and oxygen atoms in total. The fourth-order valence-corrected chi connectivity index (χ4v) is 6.08. The number of thiophene rings is 1. The Morgan fingerprint density at radius 3 is 2.33 bits per heavy atom. The summed E-state index contributed by atoms with van der Waals surface area (Å²) in [6, 6.07) is 15.0. The van der Waals surface area contributed by atoms with Gasteiger partial charge < -0.3 is 14.7 Å². The zero-order valence-corrected chi connectivity index (χ0v) is 19.5. The van der Waals surface area contributed by atoms with E-state index in [2.05, 4.69) is 0 Å². The zero-order valence-electron chi connectivity index (χ0n) is 17.9. The minimum atomic E-state index is -4.20. The Hall–Kier alpha value is -3.43. The molecule has 1 aromatic heterocycles. The fourth-order valence-electron chi connectivity index (χ4n) is 3.73. The Bertz CT molecular complexity index is 1320. The minimum Gasteiger partial charge on any atom is -0.502 e. The predicted octanol–water partition coefficient (Wildman–Crippen LogP) is 4.17. The fraction of sp³-hybridized carbons (Fsp3) is 0.167. The summed E-state index contributed by atoms with van der Waals surface area (Å²) < 4.78 is 31.9. The van der Waals surface area contributed by atoms with Gasteiger partial charge in [-0.2, -0.15) is 0 Å². The van der Waals surface area contributed by atoms with Gasteiger partial charge in [0.1, 0.15) is 4.91 Å². The van der Waals surface area contributed by atoms with Gasteiger partial charge in [-0.05, 0) is 48.2 Å². The van der Waals surface area contributed by atoms with E-state index in [0.29, 0.717) is 5.56 Å². The lowest BCUT2D eigenvalue weighted by molar-refractivity contribution is -0.130. The Morgan fingerprint density at radius 1 is 1.09 bits per heavy atom. The molecule has 1 N–H and O–H groups in total. The van der Waals surface area contributed by atoms with Crippen LogP contribution in [0.1, 0.15) is 32.4 Å². The van der Waals surface area contributed by atoms with E-state index in [4.69, 9.17) is 4.74 Å². The Labute approximate surface area is 195 Å². The number of rotatable bonds is 6. The number of nitrogens with zero attached hydrogens (tertiary/aromatic N) is 1. The van der Waals surface area contributed by atoms with Crippen LogP contribution >= 0.6 is 11.3 Å². The molecule has 1 aliphatic rings. The second-order valence-electron chi connectivity index (χ2n) is 7.56. The highest BCUT2D eigenvalue weighted by Gasteiger charge is 2.47. The molecule has 1 amide bonds. The van der Waals surface area contributed by atoms with Gasteiger partial charge in [-0.3, -0.25) is 4.79 Å². The van der Waals surface area contributed by atoms with E-state index in [0.717, 1.165) is 10.4 Å². The number of ether oxygens (including phenoxy) is 1. The van der Waals surface area contributed by atoms with Crippen LogP contribution in [0.25, 0.3) is 0 Å². The highest BCUT2D eigenvalue weighted by molar-refractivity contribution is 7.95. The normalized spacial score (nSPS) is 16.4. The Morgan fingerprint density at radius 2 is 1.76 bits per heavy atom. The zero-order chi connectivity index (χ0) is 23.8. The van der Waals surface area contributed by atoms with Crippen molar-refractivity contribution in [1.82, 2.24) is 4.90 Å². The van der Waals surface area contributed by atoms with Gasteiger partial charge >= 0.3 is 5.97 Å². The van der Waals surface area contributed by atoms with Crippen molar-refractivity contribution in [3.05, 3.63) is 98.3 Å². The van der Waals surface area contributed by atoms with Crippen molar-refractivity contribution in [2.75, 3.05) is 7.11 Å². The highest BCUT2D eigenvalue weighted by Crippen LogP contribution is 2.43. The summed E-state index contributed by atoms with van der Waals surface area (Å²) in [6.07, 6.45) is 0. The van der Waals surface area contributed by atoms with Crippen LogP contribution in [0.5, 0.6) is 0 Å². The summed E-state index contributed by atoms with van der Waals surface area (Å²) in [5.74, 6) is -2.10. The molecule has 2 aromatic carbocycles. The number of amides is 1. The predicted molar refractivity (Wildman–Crippen MR) is 123 cm³/mol. The number of aliphatic hydroxyl groups excluding tert-OH is 1. The van der Waals surface area contributed by atoms with Gasteiger partial charge in [0.2, 0.25) is 9.84 Å². The van der Waals surface area contributed by atoms with Crippen LogP contribution in [-0.4, -0.2) is 37.4 Å². The van der Waals surface area contributed by atoms with Crippen molar-refractivity contribution < 1.29 is 27.9 Å². The van der Waals surface area contributed by atoms with E-state index in [1.165, 1.54) is 47.6 Å². The molecule has 0 saturated carbocycles. The van der Waals surface area contributed by atoms with Gasteiger partial charge in [-0.25, -0.2) is 13.2 Å². The monoisotopic (exact) mass is 483 g/mol. The van der Waals surface area contributed by atoms with Crippen molar-refractivity contribution in [2.45, 2.75) is 24.4 Å². The third kappa shape index (κ3) is 4.17. The first kappa shape index (κ1) is 22.8. The molecule has 1 aliphatic heterocycles. The van der Waals surface area contributed by atoms with Crippen LogP contribution in [0.3, 0.4) is 0 Å². The largest absolute Gasteiger partial charge is 0.502 e. The summed E-state index contributed by atoms with van der Waals surface area (Å²) in [5.41, 5.74) is 1.61. The first-order valence-corrected chi connectivity index (χ1v) is 12.4. The molecule has 170 valence electrons. The van der Waals surface area contributed by atoms with Crippen molar-refractivity contribution >= 4 is 33.1 Å². The lowest BCUT2D eigenvalue weighted by atomic mass is 10.0. The van der Waals surface area contributed by atoms with E-state index in [1.807, 2.05) is 24.4 Å². The minimum absolute atomic E-state index is 0.0170. The number of benzene rings is 2. The number of hydrogen-bond donors (Lipinski definition) is 1. The molecule has 0 bridgehead atoms. The van der Waals surface area contributed by atoms with E-state index < -0.39 is 33.5 Å². The molecule has 9 heteroatoms.